The highest BCUT2D eigenvalue weighted by Gasteiger charge is 2.64. The van der Waals surface area contributed by atoms with E-state index in [1.807, 2.05) is 30.0 Å². The molecule has 3 saturated heterocycles. The topological polar surface area (TPSA) is 169 Å². The molecule has 0 aliphatic carbocycles. The Kier molecular flexibility index (Phi) is 12.0. The number of likely N-dealkylation sites (tertiary alicyclic amines) is 1. The number of methoxy groups -OCH3 is 1. The Morgan fingerprint density at radius 1 is 0.986 bits per heavy atom. The molecule has 1 spiro atoms. The second-order valence-corrected chi connectivity index (χ2v) is 18.6. The predicted molar refractivity (Wildman–Crippen MR) is 249 cm³/mol. The molecule has 2 aromatic heterocycles. The minimum Gasteiger partial charge on any atom is -0.495 e. The number of piperidine rings is 1. The van der Waals surface area contributed by atoms with Crippen LogP contribution in [-0.2, 0) is 39.1 Å². The van der Waals surface area contributed by atoms with Gasteiger partial charge in [0.2, 0.25) is 17.7 Å². The minimum atomic E-state index is -4.73. The lowest BCUT2D eigenvalue weighted by atomic mass is 9.65. The fourth-order valence-corrected chi connectivity index (χ4v) is 11.3. The second-order valence-electron chi connectivity index (χ2n) is 18.2. The molecule has 10 rings (SSSR count). The fraction of sp³-hybridized carbons (Fsp3) is 0.340. The van der Waals surface area contributed by atoms with Gasteiger partial charge >= 0.3 is 6.18 Å². The van der Waals surface area contributed by atoms with Crippen molar-refractivity contribution in [3.63, 3.8) is 0 Å². The molecule has 0 saturated carbocycles. The van der Waals surface area contributed by atoms with E-state index in [0.717, 1.165) is 22.9 Å². The lowest BCUT2D eigenvalue weighted by Gasteiger charge is -2.36. The van der Waals surface area contributed by atoms with E-state index in [0.29, 0.717) is 42.9 Å². The van der Waals surface area contributed by atoms with Crippen molar-refractivity contribution in [2.24, 2.45) is 0 Å². The summed E-state index contributed by atoms with van der Waals surface area (Å²) < 4.78 is 64.1. The number of alkyl halides is 3. The number of pyridine rings is 2. The Morgan fingerprint density at radius 2 is 1.79 bits per heavy atom. The van der Waals surface area contributed by atoms with Gasteiger partial charge < -0.3 is 30.1 Å². The van der Waals surface area contributed by atoms with Gasteiger partial charge in [0.05, 0.1) is 23.9 Å². The molecular formula is C50H46ClF4N9O6. The normalized spacial score (nSPS) is 23.3. The molecule has 5 atom stereocenters. The van der Waals surface area contributed by atoms with E-state index in [-0.39, 0.29) is 77.9 Å². The van der Waals surface area contributed by atoms with Gasteiger partial charge in [-0.3, -0.25) is 44.2 Å². The first-order valence-corrected chi connectivity index (χ1v) is 23.2. The number of carbonyl (C=O) groups is 5. The molecule has 3 fully saturated rings. The molecule has 20 heteroatoms. The molecule has 5 aliphatic heterocycles. The molecule has 0 bridgehead atoms. The van der Waals surface area contributed by atoms with Crippen molar-refractivity contribution in [1.82, 2.24) is 30.0 Å². The zero-order valence-corrected chi connectivity index (χ0v) is 38.6. The van der Waals surface area contributed by atoms with Gasteiger partial charge in [-0.25, -0.2) is 4.39 Å². The van der Waals surface area contributed by atoms with Crippen molar-refractivity contribution in [1.29, 1.82) is 0 Å². The molecule has 0 unspecified atom stereocenters. The van der Waals surface area contributed by atoms with Crippen LogP contribution < -0.4 is 25.6 Å². The van der Waals surface area contributed by atoms with E-state index < -0.39 is 59.0 Å². The number of amides is 5. The zero-order chi connectivity index (χ0) is 49.2. The summed E-state index contributed by atoms with van der Waals surface area (Å²) in [6, 6.07) is 16.8. The average molecular weight is 980 g/mol. The van der Waals surface area contributed by atoms with Crippen LogP contribution in [0.5, 0.6) is 5.75 Å². The summed E-state index contributed by atoms with van der Waals surface area (Å²) in [6.45, 7) is 4.04. The van der Waals surface area contributed by atoms with Crippen LogP contribution in [0.4, 0.5) is 34.6 Å². The van der Waals surface area contributed by atoms with Crippen LogP contribution in [0.1, 0.15) is 74.3 Å². The number of hydrogen-bond acceptors (Lipinski definition) is 11. The smallest absolute Gasteiger partial charge is 0.433 e. The number of halogens is 5. The predicted octanol–water partition coefficient (Wildman–Crippen LogP) is 6.38. The Hall–Kier alpha value is -7.12. The van der Waals surface area contributed by atoms with Crippen molar-refractivity contribution < 1.29 is 46.3 Å². The Labute approximate surface area is 404 Å². The standard InChI is InChI=1S/C50H46ClF4N9O6/c1-27-49(26-58-37-21-40(50(53,54)55)57-23-34(37)49)42(33-6-3-7-35(51)43(33)52)44(63(27)24-28-5-4-14-56-22-28)46(67)59-36-11-8-29(20-39(36)70-2)47(68)62-17-15-61(16-18-62)31-9-10-32-30(19-31)25-64(48(32)69)38-12-13-41(65)60-45(38)66/h3-11,14,19-23,27,38,42,44,58H,12-13,15-18,24-26H2,1-2H3,(H,59,67)(H,60,65,66)/t27-,38-,42-,44+,49+/m0/s1. The van der Waals surface area contributed by atoms with Crippen LogP contribution in [0.3, 0.4) is 0 Å². The van der Waals surface area contributed by atoms with Crippen LogP contribution >= 0.6 is 11.6 Å². The van der Waals surface area contributed by atoms with E-state index >= 15 is 9.18 Å². The average Bonchev–Trinajstić information content (AvgIpc) is 3.98. The van der Waals surface area contributed by atoms with E-state index in [9.17, 15) is 32.3 Å². The highest BCUT2D eigenvalue weighted by atomic mass is 35.5. The lowest BCUT2D eigenvalue weighted by molar-refractivity contribution is -0.141. The van der Waals surface area contributed by atoms with Crippen molar-refractivity contribution in [2.75, 3.05) is 55.4 Å². The number of nitrogens with zero attached hydrogens (tertiary/aromatic N) is 6. The van der Waals surface area contributed by atoms with E-state index in [2.05, 4.69) is 30.8 Å². The number of carbonyl (C=O) groups excluding carboxylic acids is 5. The third-order valence-electron chi connectivity index (χ3n) is 14.6. The van der Waals surface area contributed by atoms with Gasteiger partial charge in [0.25, 0.3) is 11.8 Å². The third-order valence-corrected chi connectivity index (χ3v) is 14.8. The number of aromatic nitrogens is 2. The van der Waals surface area contributed by atoms with Crippen molar-refractivity contribution in [2.45, 2.75) is 68.5 Å². The summed E-state index contributed by atoms with van der Waals surface area (Å²) in [5.41, 5.74) is 1.78. The maximum absolute atomic E-state index is 16.5. The Morgan fingerprint density at radius 3 is 2.51 bits per heavy atom. The summed E-state index contributed by atoms with van der Waals surface area (Å²) in [5, 5.41) is 8.28. The van der Waals surface area contributed by atoms with Crippen LogP contribution in [0.2, 0.25) is 5.02 Å². The molecule has 3 N–H and O–H groups in total. The number of anilines is 3. The van der Waals surface area contributed by atoms with Gasteiger partial charge in [0, 0.05) is 116 Å². The summed E-state index contributed by atoms with van der Waals surface area (Å²) in [4.78, 5) is 82.0. The highest BCUT2D eigenvalue weighted by molar-refractivity contribution is 6.30. The van der Waals surface area contributed by atoms with E-state index in [1.165, 1.54) is 36.4 Å². The van der Waals surface area contributed by atoms with E-state index in [1.54, 1.807) is 47.6 Å². The molecule has 5 aromatic rings. The van der Waals surface area contributed by atoms with Crippen LogP contribution in [0.25, 0.3) is 0 Å². The first kappa shape index (κ1) is 46.6. The second kappa shape index (κ2) is 18.0. The van der Waals surface area contributed by atoms with Crippen LogP contribution in [0, 0.1) is 5.82 Å². The fourth-order valence-electron chi connectivity index (χ4n) is 11.1. The Bertz CT molecular complexity index is 2960. The number of piperazine rings is 1. The summed E-state index contributed by atoms with van der Waals surface area (Å²) in [7, 11) is 1.40. The Balaban J connectivity index is 0.896. The molecule has 5 amide bonds. The molecule has 15 nitrogen and oxygen atoms in total. The number of ether oxygens (including phenoxy) is 1. The SMILES string of the molecule is COc1cc(C(=O)N2CCN(c3ccc4c(c3)CN([C@H]3CCC(=O)NC3=O)C4=O)CC2)ccc1NC(=O)[C@H]1[C@H](c2cccc(Cl)c2F)[C@]2(CNc3cc(C(F)(F)F)ncc32)[C@H](C)N1Cc1cccnc1. The summed E-state index contributed by atoms with van der Waals surface area (Å²) >= 11 is 6.42. The molecule has 70 heavy (non-hydrogen) atoms. The molecule has 0 radical (unpaired) electrons. The van der Waals surface area contributed by atoms with Crippen molar-refractivity contribution >= 4 is 58.2 Å². The van der Waals surface area contributed by atoms with Gasteiger partial charge in [-0.1, -0.05) is 29.8 Å². The van der Waals surface area contributed by atoms with Crippen molar-refractivity contribution in [3.05, 3.63) is 141 Å². The molecule has 5 aliphatic rings. The highest BCUT2D eigenvalue weighted by Crippen LogP contribution is 2.58. The van der Waals surface area contributed by atoms with Gasteiger partial charge in [0.15, 0.2) is 0 Å². The number of rotatable bonds is 9. The van der Waals surface area contributed by atoms with Gasteiger partial charge in [-0.15, -0.1) is 0 Å². The van der Waals surface area contributed by atoms with Gasteiger partial charge in [0.1, 0.15) is 23.3 Å². The maximum Gasteiger partial charge on any atom is 0.433 e. The zero-order valence-electron chi connectivity index (χ0n) is 37.9. The quantitative estimate of drug-likeness (QED) is 0.111. The number of fused-ring (bicyclic) bond motifs is 3. The van der Waals surface area contributed by atoms with Crippen LogP contribution in [-0.4, -0.2) is 112 Å². The molecule has 7 heterocycles. The minimum absolute atomic E-state index is 0.0460. The molecular weight excluding hydrogens is 934 g/mol. The number of nitrogens with one attached hydrogen (secondary N) is 3. The lowest BCUT2D eigenvalue weighted by Crippen LogP contribution is -2.52. The largest absolute Gasteiger partial charge is 0.495 e. The summed E-state index contributed by atoms with van der Waals surface area (Å²) in [5.74, 6) is -3.53. The third kappa shape index (κ3) is 8.03. The van der Waals surface area contributed by atoms with E-state index in [4.69, 9.17) is 16.3 Å². The first-order valence-electron chi connectivity index (χ1n) is 22.8. The van der Waals surface area contributed by atoms with Gasteiger partial charge in [-0.05, 0) is 84.6 Å². The first-order chi connectivity index (χ1) is 33.6. The monoisotopic (exact) mass is 979 g/mol. The summed E-state index contributed by atoms with van der Waals surface area (Å²) in [6.07, 6.45) is 0.130. The number of benzene rings is 3. The molecule has 3 aromatic carbocycles. The number of imide groups is 1. The molecule has 362 valence electrons. The van der Waals surface area contributed by atoms with Gasteiger partial charge in [-0.2, -0.15) is 13.2 Å². The van der Waals surface area contributed by atoms with Crippen LogP contribution in [0.15, 0.2) is 91.4 Å². The van der Waals surface area contributed by atoms with Crippen molar-refractivity contribution in [3.8, 4) is 5.75 Å². The number of hydrogen-bond donors (Lipinski definition) is 3. The maximum atomic E-state index is 16.5.